The maximum Gasteiger partial charge on any atom is 0.259 e. The summed E-state index contributed by atoms with van der Waals surface area (Å²) in [7, 11) is 0. The van der Waals surface area contributed by atoms with Gasteiger partial charge in [0.2, 0.25) is 5.91 Å². The van der Waals surface area contributed by atoms with Crippen LogP contribution in [0, 0.1) is 0 Å². The Morgan fingerprint density at radius 2 is 2.15 bits per heavy atom. The number of aromatic nitrogens is 3. The number of carbonyl (C=O) groups excluding carboxylic acids is 1. The molecule has 1 N–H and O–H groups in total. The van der Waals surface area contributed by atoms with Crippen molar-refractivity contribution in [2.75, 3.05) is 11.6 Å². The van der Waals surface area contributed by atoms with Gasteiger partial charge in [-0.3, -0.25) is 9.59 Å². The zero-order valence-corrected chi connectivity index (χ0v) is 16.0. The molecular weight excluding hydrogens is 364 g/mol. The molecule has 0 saturated heterocycles. The van der Waals surface area contributed by atoms with E-state index in [1.54, 1.807) is 24.0 Å². The van der Waals surface area contributed by atoms with Crippen LogP contribution < -0.4 is 10.9 Å². The standard InChI is InChI=1S/C19H20N4O3S/c1-3-5-16-21-19(26-22-16)13-8-9-18(25)23(11-13)12-17(24)20-14-6-4-7-15(10-14)27-2/h4,6-11H,3,5,12H2,1-2H3,(H,20,24). The van der Waals surface area contributed by atoms with Crippen molar-refractivity contribution in [2.24, 2.45) is 0 Å². The molecule has 8 heteroatoms. The molecule has 0 aliphatic rings. The quantitative estimate of drug-likeness (QED) is 0.629. The van der Waals surface area contributed by atoms with Gasteiger partial charge in [-0.05, 0) is 36.9 Å². The van der Waals surface area contributed by atoms with Crippen molar-refractivity contribution < 1.29 is 9.32 Å². The minimum Gasteiger partial charge on any atom is -0.334 e. The highest BCUT2D eigenvalue weighted by Gasteiger charge is 2.12. The van der Waals surface area contributed by atoms with E-state index in [1.165, 1.54) is 10.6 Å². The number of benzene rings is 1. The summed E-state index contributed by atoms with van der Waals surface area (Å²) in [6.45, 7) is 1.93. The van der Waals surface area contributed by atoms with Crippen LogP contribution in [-0.2, 0) is 17.8 Å². The summed E-state index contributed by atoms with van der Waals surface area (Å²) in [4.78, 5) is 29.8. The van der Waals surface area contributed by atoms with E-state index >= 15 is 0 Å². The number of nitrogens with zero attached hydrogens (tertiary/aromatic N) is 3. The number of aryl methyl sites for hydroxylation is 1. The van der Waals surface area contributed by atoms with Gasteiger partial charge in [-0.2, -0.15) is 4.98 Å². The van der Waals surface area contributed by atoms with Gasteiger partial charge in [0.05, 0.1) is 5.56 Å². The van der Waals surface area contributed by atoms with Crippen molar-refractivity contribution in [3.63, 3.8) is 0 Å². The number of hydrogen-bond acceptors (Lipinski definition) is 6. The summed E-state index contributed by atoms with van der Waals surface area (Å²) in [5.41, 5.74) is 1.01. The zero-order chi connectivity index (χ0) is 19.2. The zero-order valence-electron chi connectivity index (χ0n) is 15.1. The minimum absolute atomic E-state index is 0.105. The molecule has 0 radical (unpaired) electrons. The fraction of sp³-hybridized carbons (Fsp3) is 0.263. The highest BCUT2D eigenvalue weighted by Crippen LogP contribution is 2.19. The Hall–Kier alpha value is -2.87. The third-order valence-corrected chi connectivity index (χ3v) is 4.56. The predicted octanol–water partition coefficient (Wildman–Crippen LogP) is 3.21. The third kappa shape index (κ3) is 4.85. The van der Waals surface area contributed by atoms with Crippen LogP contribution in [0.4, 0.5) is 5.69 Å². The number of amides is 1. The van der Waals surface area contributed by atoms with E-state index in [-0.39, 0.29) is 18.0 Å². The number of anilines is 1. The number of hydrogen-bond donors (Lipinski definition) is 1. The molecule has 0 aliphatic carbocycles. The van der Waals surface area contributed by atoms with E-state index < -0.39 is 0 Å². The second kappa shape index (κ2) is 8.68. The molecule has 1 aromatic carbocycles. The average Bonchev–Trinajstić information content (AvgIpc) is 3.12. The SMILES string of the molecule is CCCc1noc(-c2ccc(=O)n(CC(=O)Nc3cccc(SC)c3)c2)n1. The largest absolute Gasteiger partial charge is 0.334 e. The van der Waals surface area contributed by atoms with Crippen LogP contribution in [0.5, 0.6) is 0 Å². The van der Waals surface area contributed by atoms with E-state index in [0.717, 1.165) is 17.7 Å². The van der Waals surface area contributed by atoms with Crippen molar-refractivity contribution in [2.45, 2.75) is 31.2 Å². The van der Waals surface area contributed by atoms with Crippen LogP contribution in [0.25, 0.3) is 11.5 Å². The summed E-state index contributed by atoms with van der Waals surface area (Å²) >= 11 is 1.59. The number of rotatable bonds is 7. The molecular formula is C19H20N4O3S. The van der Waals surface area contributed by atoms with Crippen molar-refractivity contribution in [3.8, 4) is 11.5 Å². The lowest BCUT2D eigenvalue weighted by Gasteiger charge is -2.09. The molecule has 0 saturated carbocycles. The molecule has 0 aliphatic heterocycles. The first kappa shape index (κ1) is 18.9. The smallest absolute Gasteiger partial charge is 0.259 e. The molecule has 0 bridgehead atoms. The van der Waals surface area contributed by atoms with Crippen LogP contribution in [0.3, 0.4) is 0 Å². The number of thioether (sulfide) groups is 1. The van der Waals surface area contributed by atoms with Crippen LogP contribution in [0.2, 0.25) is 0 Å². The molecule has 2 heterocycles. The highest BCUT2D eigenvalue weighted by molar-refractivity contribution is 7.98. The fourth-order valence-electron chi connectivity index (χ4n) is 2.53. The predicted molar refractivity (Wildman–Crippen MR) is 105 cm³/mol. The van der Waals surface area contributed by atoms with Gasteiger partial charge < -0.3 is 14.4 Å². The van der Waals surface area contributed by atoms with Crippen molar-refractivity contribution in [1.82, 2.24) is 14.7 Å². The highest BCUT2D eigenvalue weighted by atomic mass is 32.2. The van der Waals surface area contributed by atoms with Crippen LogP contribution >= 0.6 is 11.8 Å². The summed E-state index contributed by atoms with van der Waals surface area (Å²) in [5, 5.41) is 6.72. The van der Waals surface area contributed by atoms with Gasteiger partial charge in [0.1, 0.15) is 6.54 Å². The summed E-state index contributed by atoms with van der Waals surface area (Å²) < 4.78 is 6.57. The monoisotopic (exact) mass is 384 g/mol. The maximum atomic E-state index is 12.3. The topological polar surface area (TPSA) is 90.0 Å². The van der Waals surface area contributed by atoms with Gasteiger partial charge in [-0.1, -0.05) is 18.1 Å². The average molecular weight is 384 g/mol. The first-order valence-electron chi connectivity index (χ1n) is 8.56. The number of nitrogens with one attached hydrogen (secondary N) is 1. The molecule has 1 amide bonds. The Balaban J connectivity index is 1.75. The lowest BCUT2D eigenvalue weighted by Crippen LogP contribution is -2.26. The molecule has 2 aromatic heterocycles. The molecule has 0 spiro atoms. The minimum atomic E-state index is -0.287. The summed E-state index contributed by atoms with van der Waals surface area (Å²) in [6.07, 6.45) is 5.16. The van der Waals surface area contributed by atoms with Crippen molar-refractivity contribution >= 4 is 23.4 Å². The first-order valence-corrected chi connectivity index (χ1v) is 9.79. The molecule has 140 valence electrons. The molecule has 0 unspecified atom stereocenters. The van der Waals surface area contributed by atoms with Crippen LogP contribution in [0.1, 0.15) is 19.2 Å². The molecule has 0 fully saturated rings. The molecule has 0 atom stereocenters. The Bertz CT molecular complexity index is 996. The van der Waals surface area contributed by atoms with E-state index in [4.69, 9.17) is 4.52 Å². The first-order chi connectivity index (χ1) is 13.1. The molecule has 7 nitrogen and oxygen atoms in total. The number of carbonyl (C=O) groups is 1. The van der Waals surface area contributed by atoms with Crippen LogP contribution in [-0.4, -0.2) is 26.9 Å². The second-order valence-corrected chi connectivity index (χ2v) is 6.81. The Kier molecular flexibility index (Phi) is 6.08. The van der Waals surface area contributed by atoms with E-state index in [9.17, 15) is 9.59 Å². The molecule has 3 aromatic rings. The molecule has 27 heavy (non-hydrogen) atoms. The van der Waals surface area contributed by atoms with Gasteiger partial charge in [-0.25, -0.2) is 0 Å². The Morgan fingerprint density at radius 1 is 1.30 bits per heavy atom. The van der Waals surface area contributed by atoms with Crippen molar-refractivity contribution in [3.05, 3.63) is 58.8 Å². The van der Waals surface area contributed by atoms with Crippen LogP contribution in [0.15, 0.2) is 56.8 Å². The van der Waals surface area contributed by atoms with E-state index in [0.29, 0.717) is 23.0 Å². The number of pyridine rings is 1. The summed E-state index contributed by atoms with van der Waals surface area (Å²) in [6, 6.07) is 10.5. The lowest BCUT2D eigenvalue weighted by molar-refractivity contribution is -0.116. The van der Waals surface area contributed by atoms with Gasteiger partial charge in [0, 0.05) is 29.3 Å². The van der Waals surface area contributed by atoms with E-state index in [1.807, 2.05) is 37.4 Å². The van der Waals surface area contributed by atoms with Gasteiger partial charge >= 0.3 is 0 Å². The molecule has 3 rings (SSSR count). The lowest BCUT2D eigenvalue weighted by atomic mass is 10.2. The van der Waals surface area contributed by atoms with E-state index in [2.05, 4.69) is 15.5 Å². The summed E-state index contributed by atoms with van der Waals surface area (Å²) in [5.74, 6) is 0.668. The normalized spacial score (nSPS) is 10.7. The van der Waals surface area contributed by atoms with Gasteiger partial charge in [0.25, 0.3) is 11.4 Å². The maximum absolute atomic E-state index is 12.3. The Morgan fingerprint density at radius 3 is 2.93 bits per heavy atom. The van der Waals surface area contributed by atoms with Gasteiger partial charge in [-0.15, -0.1) is 11.8 Å². The Labute approximate surface area is 160 Å². The van der Waals surface area contributed by atoms with Crippen molar-refractivity contribution in [1.29, 1.82) is 0 Å². The third-order valence-electron chi connectivity index (χ3n) is 3.84. The second-order valence-electron chi connectivity index (χ2n) is 5.93. The van der Waals surface area contributed by atoms with Gasteiger partial charge in [0.15, 0.2) is 5.82 Å². The fourth-order valence-corrected chi connectivity index (χ4v) is 2.99.